The van der Waals surface area contributed by atoms with Gasteiger partial charge in [-0.15, -0.1) is 0 Å². The second-order valence-corrected chi connectivity index (χ2v) is 3.85. The number of hydrogen-bond donors (Lipinski definition) is 1. The number of aromatic nitrogens is 1. The fourth-order valence-corrected chi connectivity index (χ4v) is 1.28. The molecule has 1 aromatic rings. The van der Waals surface area contributed by atoms with E-state index in [1.54, 1.807) is 32.1 Å². The third-order valence-corrected chi connectivity index (χ3v) is 2.32. The van der Waals surface area contributed by atoms with E-state index in [4.69, 9.17) is 11.0 Å². The summed E-state index contributed by atoms with van der Waals surface area (Å²) in [4.78, 5) is 18.7. The summed E-state index contributed by atoms with van der Waals surface area (Å²) >= 11 is 0. The molecule has 0 spiro atoms. The van der Waals surface area contributed by atoms with Crippen molar-refractivity contribution in [3.05, 3.63) is 17.8 Å². The van der Waals surface area contributed by atoms with Gasteiger partial charge >= 0.3 is 0 Å². The molecule has 1 amide bonds. The topological polar surface area (TPSA) is 86.2 Å². The zero-order chi connectivity index (χ0) is 13.0. The third kappa shape index (κ3) is 2.84. The number of amides is 1. The minimum atomic E-state index is -0.0592. The average Bonchev–Trinajstić information content (AvgIpc) is 2.28. The summed E-state index contributed by atoms with van der Waals surface area (Å²) in [5.74, 6) is 0.385. The molecule has 0 aliphatic rings. The van der Waals surface area contributed by atoms with Gasteiger partial charge in [-0.25, -0.2) is 4.98 Å². The highest BCUT2D eigenvalue weighted by Crippen LogP contribution is 2.21. The molecule has 17 heavy (non-hydrogen) atoms. The number of carbonyl (C=O) groups excluding carboxylic acids is 1. The van der Waals surface area contributed by atoms with Crippen LogP contribution in [0.25, 0.3) is 0 Å². The van der Waals surface area contributed by atoms with Gasteiger partial charge < -0.3 is 15.5 Å². The molecular formula is C11H15N5O. The van der Waals surface area contributed by atoms with E-state index >= 15 is 0 Å². The molecule has 0 aliphatic carbocycles. The summed E-state index contributed by atoms with van der Waals surface area (Å²) in [6.45, 7) is 0.166. The first-order valence-electron chi connectivity index (χ1n) is 5.03. The fraction of sp³-hybridized carbons (Fsp3) is 0.364. The van der Waals surface area contributed by atoms with Crippen molar-refractivity contribution in [2.75, 3.05) is 38.3 Å². The Bertz CT molecular complexity index is 463. The number of nitrogens with two attached hydrogens (primary N) is 1. The van der Waals surface area contributed by atoms with Crippen LogP contribution in [0, 0.1) is 11.3 Å². The number of rotatable bonds is 3. The highest BCUT2D eigenvalue weighted by molar-refractivity contribution is 5.82. The second kappa shape index (κ2) is 5.16. The van der Waals surface area contributed by atoms with Gasteiger partial charge in [0.15, 0.2) is 5.82 Å². The second-order valence-electron chi connectivity index (χ2n) is 3.85. The Morgan fingerprint density at radius 3 is 2.71 bits per heavy atom. The standard InChI is InChI=1S/C11H15N5O/c1-15(2)9(17)7-16(3)11-10(13)8(6-12)4-5-14-11/h4-5H,7,13H2,1-3H3. The van der Waals surface area contributed by atoms with E-state index in [0.29, 0.717) is 17.1 Å². The van der Waals surface area contributed by atoms with Crippen LogP contribution in [0.5, 0.6) is 0 Å². The van der Waals surface area contributed by atoms with E-state index in [1.165, 1.54) is 11.1 Å². The third-order valence-electron chi connectivity index (χ3n) is 2.32. The minimum absolute atomic E-state index is 0.0592. The van der Waals surface area contributed by atoms with Gasteiger partial charge in [-0.05, 0) is 6.07 Å². The first kappa shape index (κ1) is 12.8. The van der Waals surface area contributed by atoms with Crippen LogP contribution in [0.3, 0.4) is 0 Å². The van der Waals surface area contributed by atoms with E-state index in [1.807, 2.05) is 6.07 Å². The normalized spacial score (nSPS) is 9.53. The number of nitrogens with zero attached hydrogens (tertiary/aromatic N) is 4. The molecule has 0 saturated heterocycles. The smallest absolute Gasteiger partial charge is 0.241 e. The summed E-state index contributed by atoms with van der Waals surface area (Å²) in [6.07, 6.45) is 1.50. The molecule has 0 saturated carbocycles. The van der Waals surface area contributed by atoms with Crippen molar-refractivity contribution in [3.63, 3.8) is 0 Å². The van der Waals surface area contributed by atoms with E-state index in [0.717, 1.165) is 0 Å². The molecular weight excluding hydrogens is 218 g/mol. The number of carbonyl (C=O) groups is 1. The molecule has 90 valence electrons. The lowest BCUT2D eigenvalue weighted by Crippen LogP contribution is -2.35. The molecule has 6 nitrogen and oxygen atoms in total. The maximum absolute atomic E-state index is 11.5. The molecule has 0 unspecified atom stereocenters. The fourth-order valence-electron chi connectivity index (χ4n) is 1.28. The van der Waals surface area contributed by atoms with Crippen LogP contribution in [0.4, 0.5) is 11.5 Å². The lowest BCUT2D eigenvalue weighted by Gasteiger charge is -2.21. The van der Waals surface area contributed by atoms with Crippen molar-refractivity contribution in [1.82, 2.24) is 9.88 Å². The Hall–Kier alpha value is -2.29. The Morgan fingerprint density at radius 1 is 1.53 bits per heavy atom. The lowest BCUT2D eigenvalue weighted by molar-refractivity contribution is -0.127. The van der Waals surface area contributed by atoms with E-state index in [2.05, 4.69) is 4.98 Å². The van der Waals surface area contributed by atoms with Crippen molar-refractivity contribution < 1.29 is 4.79 Å². The van der Waals surface area contributed by atoms with Gasteiger partial charge in [0.2, 0.25) is 5.91 Å². The van der Waals surface area contributed by atoms with Gasteiger partial charge in [0.1, 0.15) is 6.07 Å². The molecule has 0 atom stereocenters. The maximum Gasteiger partial charge on any atom is 0.241 e. The van der Waals surface area contributed by atoms with Crippen LogP contribution in [-0.2, 0) is 4.79 Å². The van der Waals surface area contributed by atoms with Gasteiger partial charge in [0.05, 0.1) is 17.8 Å². The molecule has 2 N–H and O–H groups in total. The van der Waals surface area contributed by atoms with Crippen LogP contribution in [0.1, 0.15) is 5.56 Å². The van der Waals surface area contributed by atoms with Gasteiger partial charge in [-0.2, -0.15) is 5.26 Å². The van der Waals surface area contributed by atoms with Crippen LogP contribution >= 0.6 is 0 Å². The largest absolute Gasteiger partial charge is 0.395 e. The lowest BCUT2D eigenvalue weighted by atomic mass is 10.2. The molecule has 0 aliphatic heterocycles. The zero-order valence-corrected chi connectivity index (χ0v) is 10.1. The number of nitrogen functional groups attached to an aromatic ring is 1. The van der Waals surface area contributed by atoms with Crippen molar-refractivity contribution >= 4 is 17.4 Å². The summed E-state index contributed by atoms with van der Waals surface area (Å²) in [7, 11) is 5.07. The number of nitriles is 1. The molecule has 0 aromatic carbocycles. The van der Waals surface area contributed by atoms with Crippen molar-refractivity contribution in [2.24, 2.45) is 0 Å². The van der Waals surface area contributed by atoms with E-state index in [9.17, 15) is 4.79 Å². The number of pyridine rings is 1. The highest BCUT2D eigenvalue weighted by atomic mass is 16.2. The average molecular weight is 233 g/mol. The van der Waals surface area contributed by atoms with Crippen LogP contribution in [-0.4, -0.2) is 43.5 Å². The van der Waals surface area contributed by atoms with Crippen LogP contribution in [0.2, 0.25) is 0 Å². The van der Waals surface area contributed by atoms with Gasteiger partial charge in [-0.1, -0.05) is 0 Å². The molecule has 6 heteroatoms. The Kier molecular flexibility index (Phi) is 3.88. The summed E-state index contributed by atoms with van der Waals surface area (Å²) < 4.78 is 0. The molecule has 0 bridgehead atoms. The van der Waals surface area contributed by atoms with Gasteiger partial charge in [-0.3, -0.25) is 4.79 Å². The Labute approximate surface area is 100 Å². The van der Waals surface area contributed by atoms with Crippen LogP contribution < -0.4 is 10.6 Å². The van der Waals surface area contributed by atoms with Crippen LogP contribution in [0.15, 0.2) is 12.3 Å². The van der Waals surface area contributed by atoms with Crippen molar-refractivity contribution in [2.45, 2.75) is 0 Å². The summed E-state index contributed by atoms with van der Waals surface area (Å²) in [6, 6.07) is 3.52. The van der Waals surface area contributed by atoms with E-state index in [-0.39, 0.29) is 12.5 Å². The van der Waals surface area contributed by atoms with Gasteiger partial charge in [0, 0.05) is 27.3 Å². The predicted molar refractivity (Wildman–Crippen MR) is 65.3 cm³/mol. The Balaban J connectivity index is 2.94. The zero-order valence-electron chi connectivity index (χ0n) is 10.1. The molecule has 1 rings (SSSR count). The summed E-state index contributed by atoms with van der Waals surface area (Å²) in [5, 5.41) is 8.84. The minimum Gasteiger partial charge on any atom is -0.395 e. The molecule has 0 radical (unpaired) electrons. The quantitative estimate of drug-likeness (QED) is 0.797. The number of anilines is 2. The molecule has 1 aromatic heterocycles. The van der Waals surface area contributed by atoms with Crippen molar-refractivity contribution in [3.8, 4) is 6.07 Å². The highest BCUT2D eigenvalue weighted by Gasteiger charge is 2.14. The van der Waals surface area contributed by atoms with Crippen molar-refractivity contribution in [1.29, 1.82) is 5.26 Å². The van der Waals surface area contributed by atoms with Gasteiger partial charge in [0.25, 0.3) is 0 Å². The first-order chi connectivity index (χ1) is 7.97. The number of hydrogen-bond acceptors (Lipinski definition) is 5. The van der Waals surface area contributed by atoms with E-state index < -0.39 is 0 Å². The first-order valence-corrected chi connectivity index (χ1v) is 5.03. The number of likely N-dealkylation sites (N-methyl/N-ethyl adjacent to an activating group) is 2. The monoisotopic (exact) mass is 233 g/mol. The SMILES string of the molecule is CN(C)C(=O)CN(C)c1nccc(C#N)c1N. The summed E-state index contributed by atoms with van der Waals surface area (Å²) in [5.41, 5.74) is 6.45. The Morgan fingerprint density at radius 2 is 2.18 bits per heavy atom. The molecule has 0 fully saturated rings. The molecule has 1 heterocycles. The predicted octanol–water partition coefficient (Wildman–Crippen LogP) is 0.0599. The maximum atomic E-state index is 11.5.